The van der Waals surface area contributed by atoms with Crippen molar-refractivity contribution < 1.29 is 42.6 Å². The van der Waals surface area contributed by atoms with E-state index in [9.17, 15) is 32.7 Å². The van der Waals surface area contributed by atoms with Crippen molar-refractivity contribution in [3.63, 3.8) is 0 Å². The first-order valence-corrected chi connectivity index (χ1v) is 10.1. The number of carboxylic acids is 2. The van der Waals surface area contributed by atoms with Gasteiger partial charge in [0.1, 0.15) is 6.04 Å². The summed E-state index contributed by atoms with van der Waals surface area (Å²) in [6, 6.07) is -0.868. The maximum Gasteiger partial charge on any atom is 0.490 e. The van der Waals surface area contributed by atoms with E-state index in [0.29, 0.717) is 13.0 Å². The molecule has 33 heavy (non-hydrogen) atoms. The van der Waals surface area contributed by atoms with Crippen LogP contribution in [0, 0.1) is 23.7 Å². The van der Waals surface area contributed by atoms with Crippen LogP contribution in [-0.4, -0.2) is 101 Å². The standard InChI is InChI=1S/C19H31N3O4.C2HF3O2/c1-13(2)16(18(25)26)21(7)17(24)14-9-11-22(12-14)15(23)8-10-19(3,4)20(5)6;3-2(4,5)1(6)7/h13-14,16H,9,11-12H2,1-7H3,(H,25,26);(H,6,7)/t14-,16?;/m0./s1. The molecule has 1 unspecified atom stereocenters. The number of rotatable bonds is 5. The van der Waals surface area contributed by atoms with Crippen molar-refractivity contribution in [2.45, 2.75) is 51.9 Å². The molecule has 1 aliphatic rings. The fraction of sp³-hybridized carbons (Fsp3) is 0.714. The molecule has 0 aliphatic carbocycles. The third kappa shape index (κ3) is 9.29. The maximum absolute atomic E-state index is 12.7. The van der Waals surface area contributed by atoms with Gasteiger partial charge in [0, 0.05) is 20.1 Å². The van der Waals surface area contributed by atoms with Gasteiger partial charge in [-0.05, 0) is 46.2 Å². The lowest BCUT2D eigenvalue weighted by atomic mass is 10.0. The summed E-state index contributed by atoms with van der Waals surface area (Å²) in [5.41, 5.74) is -0.420. The number of carboxylic acid groups (broad SMARTS) is 2. The summed E-state index contributed by atoms with van der Waals surface area (Å²) in [7, 11) is 5.31. The predicted octanol–water partition coefficient (Wildman–Crippen LogP) is 1.38. The van der Waals surface area contributed by atoms with Crippen molar-refractivity contribution >= 4 is 23.8 Å². The molecule has 1 heterocycles. The van der Waals surface area contributed by atoms with Gasteiger partial charge in [0.15, 0.2) is 0 Å². The van der Waals surface area contributed by atoms with Crippen LogP contribution >= 0.6 is 0 Å². The number of likely N-dealkylation sites (tertiary alicyclic amines) is 1. The van der Waals surface area contributed by atoms with Crippen molar-refractivity contribution in [1.29, 1.82) is 0 Å². The van der Waals surface area contributed by atoms with Crippen LogP contribution in [0.25, 0.3) is 0 Å². The summed E-state index contributed by atoms with van der Waals surface area (Å²) < 4.78 is 31.7. The normalized spacial score (nSPS) is 17.0. The van der Waals surface area contributed by atoms with Crippen LogP contribution in [0.15, 0.2) is 0 Å². The first-order valence-electron chi connectivity index (χ1n) is 10.1. The lowest BCUT2D eigenvalue weighted by Gasteiger charge is -2.29. The van der Waals surface area contributed by atoms with Gasteiger partial charge in [-0.2, -0.15) is 13.2 Å². The molecule has 0 radical (unpaired) electrons. The molecule has 2 N–H and O–H groups in total. The molecule has 9 nitrogen and oxygen atoms in total. The Labute approximate surface area is 191 Å². The van der Waals surface area contributed by atoms with Crippen LogP contribution in [0.3, 0.4) is 0 Å². The van der Waals surface area contributed by atoms with Gasteiger partial charge in [0.05, 0.1) is 11.5 Å². The molecule has 0 aromatic carbocycles. The van der Waals surface area contributed by atoms with Crippen molar-refractivity contribution in [3.8, 4) is 11.8 Å². The zero-order chi connectivity index (χ0) is 26.3. The Kier molecular flexibility index (Phi) is 10.9. The van der Waals surface area contributed by atoms with E-state index in [0.717, 1.165) is 0 Å². The van der Waals surface area contributed by atoms with E-state index >= 15 is 0 Å². The Balaban J connectivity index is 0.00000126. The first-order chi connectivity index (χ1) is 14.8. The number of likely N-dealkylation sites (N-methyl/N-ethyl adjacent to an activating group) is 1. The number of halogens is 3. The topological polar surface area (TPSA) is 118 Å². The number of nitrogens with zero attached hydrogens (tertiary/aromatic N) is 3. The second kappa shape index (κ2) is 11.9. The van der Waals surface area contributed by atoms with Crippen LogP contribution in [0.5, 0.6) is 0 Å². The maximum atomic E-state index is 12.7. The van der Waals surface area contributed by atoms with E-state index in [-0.39, 0.29) is 30.2 Å². The molecule has 2 atom stereocenters. The highest BCUT2D eigenvalue weighted by Gasteiger charge is 2.38. The zero-order valence-corrected chi connectivity index (χ0v) is 19.9. The van der Waals surface area contributed by atoms with E-state index in [1.165, 1.54) is 11.9 Å². The molecule has 0 spiro atoms. The van der Waals surface area contributed by atoms with E-state index < -0.39 is 29.7 Å². The number of amides is 2. The zero-order valence-electron chi connectivity index (χ0n) is 19.9. The van der Waals surface area contributed by atoms with Gasteiger partial charge in [0.25, 0.3) is 5.91 Å². The molecule has 1 rings (SSSR count). The van der Waals surface area contributed by atoms with Crippen molar-refractivity contribution in [2.75, 3.05) is 34.2 Å². The number of hydrogen-bond acceptors (Lipinski definition) is 5. The highest BCUT2D eigenvalue weighted by Crippen LogP contribution is 2.21. The Bertz CT molecular complexity index is 799. The molecule has 1 fully saturated rings. The lowest BCUT2D eigenvalue weighted by Crippen LogP contribution is -2.48. The molecule has 12 heteroatoms. The summed E-state index contributed by atoms with van der Waals surface area (Å²) in [6.07, 6.45) is -4.56. The van der Waals surface area contributed by atoms with E-state index in [2.05, 4.69) is 11.8 Å². The van der Waals surface area contributed by atoms with Crippen molar-refractivity contribution in [3.05, 3.63) is 0 Å². The van der Waals surface area contributed by atoms with Crippen LogP contribution in [0.1, 0.15) is 34.1 Å². The van der Waals surface area contributed by atoms with Gasteiger partial charge in [-0.3, -0.25) is 14.5 Å². The Morgan fingerprint density at radius 2 is 1.55 bits per heavy atom. The molecule has 1 saturated heterocycles. The monoisotopic (exact) mass is 479 g/mol. The molecule has 0 aromatic heterocycles. The van der Waals surface area contributed by atoms with E-state index in [4.69, 9.17) is 9.90 Å². The average Bonchev–Trinajstić information content (AvgIpc) is 3.14. The summed E-state index contributed by atoms with van der Waals surface area (Å²) in [4.78, 5) is 50.1. The first kappa shape index (κ1) is 30.2. The van der Waals surface area contributed by atoms with Gasteiger partial charge in [-0.15, -0.1) is 0 Å². The van der Waals surface area contributed by atoms with E-state index in [1.54, 1.807) is 18.7 Å². The van der Waals surface area contributed by atoms with Crippen molar-refractivity contribution in [2.24, 2.45) is 11.8 Å². The largest absolute Gasteiger partial charge is 0.490 e. The minimum atomic E-state index is -5.08. The van der Waals surface area contributed by atoms with Gasteiger partial charge >= 0.3 is 18.1 Å². The molecular formula is C21H32F3N3O6. The van der Waals surface area contributed by atoms with Gasteiger partial charge in [-0.25, -0.2) is 9.59 Å². The highest BCUT2D eigenvalue weighted by molar-refractivity contribution is 5.94. The number of aliphatic carboxylic acids is 2. The third-order valence-electron chi connectivity index (χ3n) is 5.31. The molecule has 2 amide bonds. The Morgan fingerprint density at radius 1 is 1.06 bits per heavy atom. The smallest absolute Gasteiger partial charge is 0.480 e. The van der Waals surface area contributed by atoms with Crippen molar-refractivity contribution in [1.82, 2.24) is 14.7 Å². The van der Waals surface area contributed by atoms with Crippen LogP contribution in [0.4, 0.5) is 13.2 Å². The SMILES string of the molecule is CC(C)C(C(=O)O)N(C)C(=O)[C@H]1CCN(C(=O)C#CC(C)(C)N(C)C)C1.O=C(O)C(F)(F)F. The average molecular weight is 479 g/mol. The number of carbonyl (C=O) groups is 4. The fourth-order valence-electron chi connectivity index (χ4n) is 2.87. The molecule has 188 valence electrons. The van der Waals surface area contributed by atoms with Crippen LogP contribution < -0.4 is 0 Å². The molecule has 0 saturated carbocycles. The lowest BCUT2D eigenvalue weighted by molar-refractivity contribution is -0.192. The Morgan fingerprint density at radius 3 is 1.91 bits per heavy atom. The minimum Gasteiger partial charge on any atom is -0.480 e. The number of hydrogen-bond donors (Lipinski definition) is 2. The summed E-state index contributed by atoms with van der Waals surface area (Å²) in [5.74, 6) is 0.756. The van der Waals surface area contributed by atoms with Gasteiger partial charge in [0.2, 0.25) is 5.91 Å². The summed E-state index contributed by atoms with van der Waals surface area (Å²) in [6.45, 7) is 8.14. The summed E-state index contributed by atoms with van der Waals surface area (Å²) in [5, 5.41) is 16.5. The highest BCUT2D eigenvalue weighted by atomic mass is 19.4. The second-order valence-electron chi connectivity index (χ2n) is 8.72. The predicted molar refractivity (Wildman–Crippen MR) is 113 cm³/mol. The van der Waals surface area contributed by atoms with Gasteiger partial charge < -0.3 is 20.0 Å². The Hall–Kier alpha value is -2.81. The van der Waals surface area contributed by atoms with E-state index in [1.807, 2.05) is 32.8 Å². The molecule has 0 aromatic rings. The number of carbonyl (C=O) groups excluding carboxylic acids is 2. The fourth-order valence-corrected chi connectivity index (χ4v) is 2.87. The third-order valence-corrected chi connectivity index (χ3v) is 5.31. The summed E-state index contributed by atoms with van der Waals surface area (Å²) >= 11 is 0. The molecule has 1 aliphatic heterocycles. The minimum absolute atomic E-state index is 0.195. The van der Waals surface area contributed by atoms with Crippen LogP contribution in [0.2, 0.25) is 0 Å². The molecular weight excluding hydrogens is 447 g/mol. The quantitative estimate of drug-likeness (QED) is 0.572. The van der Waals surface area contributed by atoms with Crippen LogP contribution in [-0.2, 0) is 19.2 Å². The molecule has 0 bridgehead atoms. The number of alkyl halides is 3. The van der Waals surface area contributed by atoms with Gasteiger partial charge in [-0.1, -0.05) is 19.8 Å². The second-order valence-corrected chi connectivity index (χ2v) is 8.72.